The summed E-state index contributed by atoms with van der Waals surface area (Å²) in [5.41, 5.74) is 2.14. The first-order valence-electron chi connectivity index (χ1n) is 7.39. The number of nitrogens with zero attached hydrogens (tertiary/aromatic N) is 3. The van der Waals surface area contributed by atoms with Gasteiger partial charge in [0, 0.05) is 38.8 Å². The van der Waals surface area contributed by atoms with Crippen molar-refractivity contribution in [3.63, 3.8) is 0 Å². The molecule has 1 aromatic rings. The highest BCUT2D eigenvalue weighted by Gasteiger charge is 2.31. The van der Waals surface area contributed by atoms with Crippen LogP contribution in [0.3, 0.4) is 0 Å². The Hall–Kier alpha value is -1.85. The summed E-state index contributed by atoms with van der Waals surface area (Å²) in [6, 6.07) is 2.05. The molecule has 0 bridgehead atoms. The maximum atomic E-state index is 12.1. The molecule has 21 heavy (non-hydrogen) atoms. The Labute approximate surface area is 125 Å². The third-order valence-corrected chi connectivity index (χ3v) is 3.92. The quantitative estimate of drug-likeness (QED) is 0.870. The maximum absolute atomic E-state index is 12.1. The van der Waals surface area contributed by atoms with Gasteiger partial charge in [-0.2, -0.15) is 5.10 Å². The minimum Gasteiger partial charge on any atom is -0.355 e. The van der Waals surface area contributed by atoms with Crippen LogP contribution < -0.4 is 5.32 Å². The Morgan fingerprint density at radius 1 is 1.52 bits per heavy atom. The molecule has 116 valence electrons. The minimum absolute atomic E-state index is 0.0204. The second-order valence-corrected chi connectivity index (χ2v) is 6.13. The topological polar surface area (TPSA) is 67.2 Å². The van der Waals surface area contributed by atoms with Crippen molar-refractivity contribution in [3.8, 4) is 0 Å². The molecule has 1 aliphatic rings. The Kier molecular flexibility index (Phi) is 4.65. The Morgan fingerprint density at radius 3 is 2.76 bits per heavy atom. The summed E-state index contributed by atoms with van der Waals surface area (Å²) < 4.78 is 1.97. The fraction of sp³-hybridized carbons (Fsp3) is 0.667. The zero-order valence-corrected chi connectivity index (χ0v) is 13.2. The fourth-order valence-electron chi connectivity index (χ4n) is 2.68. The van der Waals surface area contributed by atoms with Crippen molar-refractivity contribution in [2.24, 2.45) is 11.8 Å². The number of nitrogens with one attached hydrogen (secondary N) is 1. The van der Waals surface area contributed by atoms with E-state index in [4.69, 9.17) is 0 Å². The van der Waals surface area contributed by atoms with Gasteiger partial charge in [0.2, 0.25) is 11.8 Å². The fourth-order valence-corrected chi connectivity index (χ4v) is 2.68. The van der Waals surface area contributed by atoms with E-state index in [2.05, 4.69) is 17.3 Å². The molecule has 0 aliphatic carbocycles. The Bertz CT molecular complexity index is 538. The molecule has 1 fully saturated rings. The summed E-state index contributed by atoms with van der Waals surface area (Å²) in [5.74, 6) is 0.115. The lowest BCUT2D eigenvalue weighted by Gasteiger charge is -2.16. The number of carbonyl (C=O) groups excluding carboxylic acids is 2. The zero-order chi connectivity index (χ0) is 15.6. The van der Waals surface area contributed by atoms with Gasteiger partial charge in [-0.15, -0.1) is 0 Å². The van der Waals surface area contributed by atoms with E-state index in [-0.39, 0.29) is 17.7 Å². The van der Waals surface area contributed by atoms with E-state index in [1.54, 1.807) is 11.9 Å². The molecular formula is C15H24N4O2. The van der Waals surface area contributed by atoms with Gasteiger partial charge in [-0.05, 0) is 25.8 Å². The van der Waals surface area contributed by atoms with E-state index >= 15 is 0 Å². The number of carbonyl (C=O) groups is 2. The molecule has 0 radical (unpaired) electrons. The van der Waals surface area contributed by atoms with E-state index in [1.165, 1.54) is 0 Å². The van der Waals surface area contributed by atoms with Gasteiger partial charge in [-0.3, -0.25) is 14.3 Å². The van der Waals surface area contributed by atoms with Gasteiger partial charge < -0.3 is 10.2 Å². The van der Waals surface area contributed by atoms with E-state index in [9.17, 15) is 9.59 Å². The number of hydrogen-bond donors (Lipinski definition) is 1. The van der Waals surface area contributed by atoms with Crippen molar-refractivity contribution in [3.05, 3.63) is 17.5 Å². The number of amides is 2. The molecule has 1 aliphatic heterocycles. The van der Waals surface area contributed by atoms with Gasteiger partial charge in [0.25, 0.3) is 0 Å². The number of rotatable bonds is 5. The molecule has 0 aromatic carbocycles. The van der Waals surface area contributed by atoms with Crippen LogP contribution in [-0.4, -0.2) is 46.6 Å². The van der Waals surface area contributed by atoms with Crippen molar-refractivity contribution >= 4 is 11.8 Å². The average Bonchev–Trinajstić information content (AvgIpc) is 2.90. The van der Waals surface area contributed by atoms with Crippen LogP contribution in [0.1, 0.15) is 24.7 Å². The molecule has 0 saturated carbocycles. The average molecular weight is 292 g/mol. The van der Waals surface area contributed by atoms with E-state index in [0.717, 1.165) is 17.9 Å². The predicted molar refractivity (Wildman–Crippen MR) is 79.6 cm³/mol. The lowest BCUT2D eigenvalue weighted by atomic mass is 10.1. The first kappa shape index (κ1) is 15.5. The van der Waals surface area contributed by atoms with Gasteiger partial charge in [-0.1, -0.05) is 6.92 Å². The molecule has 2 rings (SSSR count). The van der Waals surface area contributed by atoms with Crippen LogP contribution in [0.15, 0.2) is 6.07 Å². The maximum Gasteiger partial charge on any atom is 0.225 e. The first-order valence-corrected chi connectivity index (χ1v) is 7.39. The normalized spacial score (nSPS) is 19.9. The molecule has 2 atom stereocenters. The summed E-state index contributed by atoms with van der Waals surface area (Å²) >= 11 is 0. The van der Waals surface area contributed by atoms with Crippen molar-refractivity contribution in [2.75, 3.05) is 20.1 Å². The van der Waals surface area contributed by atoms with Crippen LogP contribution in [0, 0.1) is 25.7 Å². The number of hydrogen-bond acceptors (Lipinski definition) is 3. The second kappa shape index (κ2) is 6.28. The van der Waals surface area contributed by atoms with Crippen molar-refractivity contribution in [1.29, 1.82) is 0 Å². The van der Waals surface area contributed by atoms with E-state index < -0.39 is 0 Å². The summed E-state index contributed by atoms with van der Waals surface area (Å²) in [6.45, 7) is 8.00. The van der Waals surface area contributed by atoms with Crippen molar-refractivity contribution in [2.45, 2.75) is 33.7 Å². The third kappa shape index (κ3) is 3.83. The SMILES string of the molecule is Cc1cc(C)n(C[C@H](C)CNC(=O)[C@H]2CC(=O)N(C)C2)n1. The van der Waals surface area contributed by atoms with Gasteiger partial charge in [0.15, 0.2) is 0 Å². The monoisotopic (exact) mass is 292 g/mol. The molecule has 1 aromatic heterocycles. The summed E-state index contributed by atoms with van der Waals surface area (Å²) in [4.78, 5) is 25.1. The van der Waals surface area contributed by atoms with Crippen LogP contribution in [0.5, 0.6) is 0 Å². The molecule has 1 saturated heterocycles. The molecular weight excluding hydrogens is 268 g/mol. The van der Waals surface area contributed by atoms with E-state index in [0.29, 0.717) is 25.4 Å². The van der Waals surface area contributed by atoms with Crippen LogP contribution in [-0.2, 0) is 16.1 Å². The summed E-state index contributed by atoms with van der Waals surface area (Å²) in [7, 11) is 1.74. The summed E-state index contributed by atoms with van der Waals surface area (Å²) in [5, 5.41) is 7.38. The van der Waals surface area contributed by atoms with Gasteiger partial charge >= 0.3 is 0 Å². The highest BCUT2D eigenvalue weighted by Crippen LogP contribution is 2.16. The molecule has 2 amide bonds. The molecule has 6 nitrogen and oxygen atoms in total. The first-order chi connectivity index (χ1) is 9.86. The second-order valence-electron chi connectivity index (χ2n) is 6.13. The van der Waals surface area contributed by atoms with E-state index in [1.807, 2.05) is 24.6 Å². The summed E-state index contributed by atoms with van der Waals surface area (Å²) in [6.07, 6.45) is 0.328. The number of aryl methyl sites for hydroxylation is 2. The van der Waals surface area contributed by atoms with Crippen LogP contribution >= 0.6 is 0 Å². The molecule has 2 heterocycles. The zero-order valence-electron chi connectivity index (χ0n) is 13.2. The van der Waals surface area contributed by atoms with Gasteiger partial charge in [-0.25, -0.2) is 0 Å². The molecule has 6 heteroatoms. The highest BCUT2D eigenvalue weighted by atomic mass is 16.2. The Balaban J connectivity index is 1.79. The number of aromatic nitrogens is 2. The predicted octanol–water partition coefficient (Wildman–Crippen LogP) is 0.731. The van der Waals surface area contributed by atoms with Crippen LogP contribution in [0.4, 0.5) is 0 Å². The lowest BCUT2D eigenvalue weighted by Crippen LogP contribution is -2.36. The van der Waals surface area contributed by atoms with Gasteiger partial charge in [0.1, 0.15) is 0 Å². The van der Waals surface area contributed by atoms with Crippen LogP contribution in [0.25, 0.3) is 0 Å². The largest absolute Gasteiger partial charge is 0.355 e. The standard InChI is InChI=1S/C15H24N4O2/c1-10(8-19-12(3)5-11(2)17-19)7-16-15(21)13-6-14(20)18(4)9-13/h5,10,13H,6-9H2,1-4H3,(H,16,21)/t10-,13+/m1/s1. The molecule has 1 N–H and O–H groups in total. The van der Waals surface area contributed by atoms with Gasteiger partial charge in [0.05, 0.1) is 11.6 Å². The smallest absolute Gasteiger partial charge is 0.225 e. The van der Waals surface area contributed by atoms with Crippen molar-refractivity contribution in [1.82, 2.24) is 20.0 Å². The molecule has 0 unspecified atom stereocenters. The van der Waals surface area contributed by atoms with Crippen molar-refractivity contribution < 1.29 is 9.59 Å². The Morgan fingerprint density at radius 2 is 2.24 bits per heavy atom. The van der Waals surface area contributed by atoms with Crippen LogP contribution in [0.2, 0.25) is 0 Å². The lowest BCUT2D eigenvalue weighted by molar-refractivity contribution is -0.128. The number of likely N-dealkylation sites (tertiary alicyclic amines) is 1. The minimum atomic E-state index is -0.205. The third-order valence-electron chi connectivity index (χ3n) is 3.92. The highest BCUT2D eigenvalue weighted by molar-refractivity contribution is 5.89. The molecule has 0 spiro atoms.